The van der Waals surface area contributed by atoms with Gasteiger partial charge in [0.25, 0.3) is 0 Å². The van der Waals surface area contributed by atoms with Crippen LogP contribution in [0.1, 0.15) is 12.5 Å². The summed E-state index contributed by atoms with van der Waals surface area (Å²) in [6.07, 6.45) is 0.346. The van der Waals surface area contributed by atoms with Gasteiger partial charge in [0.2, 0.25) is 11.8 Å². The van der Waals surface area contributed by atoms with E-state index in [-0.39, 0.29) is 17.9 Å². The van der Waals surface area contributed by atoms with Crippen molar-refractivity contribution >= 4 is 11.8 Å². The van der Waals surface area contributed by atoms with Gasteiger partial charge in [0.1, 0.15) is 0 Å². The molecule has 1 heterocycles. The van der Waals surface area contributed by atoms with Crippen LogP contribution in [0, 0.1) is 0 Å². The lowest BCUT2D eigenvalue weighted by molar-refractivity contribution is -0.140. The topological polar surface area (TPSA) is 84.7 Å². The van der Waals surface area contributed by atoms with Crippen LogP contribution in [0.3, 0.4) is 0 Å². The number of hydrogen-bond donors (Lipinski definition) is 2. The molecule has 1 fully saturated rings. The Morgan fingerprint density at radius 3 is 2.82 bits per heavy atom. The maximum atomic E-state index is 12.4. The minimum Gasteiger partial charge on any atom is -0.373 e. The standard InChI is InChI=1S/C16H23N3O3/c1-12(20)18-10-14-11-19(7-8-22-14)16(21)15(17)9-13-5-3-2-4-6-13/h2-6,14-15H,7-11,17H2,1H3,(H,18,20)/t14-,15-/m1/s1. The molecule has 2 atom stereocenters. The predicted molar refractivity (Wildman–Crippen MR) is 83.1 cm³/mol. The lowest BCUT2D eigenvalue weighted by Crippen LogP contribution is -2.54. The van der Waals surface area contributed by atoms with Crippen molar-refractivity contribution in [2.75, 3.05) is 26.2 Å². The van der Waals surface area contributed by atoms with Crippen LogP contribution in [0.25, 0.3) is 0 Å². The number of hydrogen-bond acceptors (Lipinski definition) is 4. The third-order valence-electron chi connectivity index (χ3n) is 3.64. The molecule has 0 aliphatic carbocycles. The number of benzene rings is 1. The first-order valence-electron chi connectivity index (χ1n) is 7.50. The van der Waals surface area contributed by atoms with Crippen molar-refractivity contribution in [2.24, 2.45) is 5.73 Å². The van der Waals surface area contributed by atoms with Crippen LogP contribution in [0.5, 0.6) is 0 Å². The first kappa shape index (κ1) is 16.5. The molecule has 0 unspecified atom stereocenters. The maximum absolute atomic E-state index is 12.4. The predicted octanol–water partition coefficient (Wildman–Crippen LogP) is -0.0801. The molecule has 0 radical (unpaired) electrons. The van der Waals surface area contributed by atoms with E-state index in [1.165, 1.54) is 6.92 Å². The van der Waals surface area contributed by atoms with Gasteiger partial charge in [-0.05, 0) is 12.0 Å². The summed E-state index contributed by atoms with van der Waals surface area (Å²) in [5.74, 6) is -0.173. The average Bonchev–Trinajstić information content (AvgIpc) is 2.53. The number of carbonyl (C=O) groups excluding carboxylic acids is 2. The molecule has 120 valence electrons. The molecule has 0 bridgehead atoms. The smallest absolute Gasteiger partial charge is 0.239 e. The van der Waals surface area contributed by atoms with Gasteiger partial charge in [0, 0.05) is 26.6 Å². The summed E-state index contributed by atoms with van der Waals surface area (Å²) >= 11 is 0. The summed E-state index contributed by atoms with van der Waals surface area (Å²) in [5, 5.41) is 2.71. The molecular weight excluding hydrogens is 282 g/mol. The Bertz CT molecular complexity index is 507. The van der Waals surface area contributed by atoms with Crippen LogP contribution in [0.2, 0.25) is 0 Å². The summed E-state index contributed by atoms with van der Waals surface area (Å²) in [4.78, 5) is 25.1. The molecule has 3 N–H and O–H groups in total. The largest absolute Gasteiger partial charge is 0.373 e. The van der Waals surface area contributed by atoms with Crippen LogP contribution in [0.4, 0.5) is 0 Å². The summed E-state index contributed by atoms with van der Waals surface area (Å²) in [6, 6.07) is 9.18. The second-order valence-corrected chi connectivity index (χ2v) is 5.51. The van der Waals surface area contributed by atoms with Gasteiger partial charge < -0.3 is 20.7 Å². The van der Waals surface area contributed by atoms with Crippen molar-refractivity contribution in [1.82, 2.24) is 10.2 Å². The van der Waals surface area contributed by atoms with Crippen molar-refractivity contribution in [3.05, 3.63) is 35.9 Å². The fraction of sp³-hybridized carbons (Fsp3) is 0.500. The molecule has 1 saturated heterocycles. The Morgan fingerprint density at radius 2 is 2.14 bits per heavy atom. The third-order valence-corrected chi connectivity index (χ3v) is 3.64. The number of ether oxygens (including phenoxy) is 1. The maximum Gasteiger partial charge on any atom is 0.239 e. The van der Waals surface area contributed by atoms with Crippen molar-refractivity contribution in [3.8, 4) is 0 Å². The van der Waals surface area contributed by atoms with Gasteiger partial charge in [0.05, 0.1) is 18.8 Å². The molecule has 6 nitrogen and oxygen atoms in total. The highest BCUT2D eigenvalue weighted by molar-refractivity contribution is 5.82. The van der Waals surface area contributed by atoms with E-state index in [4.69, 9.17) is 10.5 Å². The van der Waals surface area contributed by atoms with Crippen LogP contribution in [-0.4, -0.2) is 55.1 Å². The molecule has 22 heavy (non-hydrogen) atoms. The second-order valence-electron chi connectivity index (χ2n) is 5.51. The van der Waals surface area contributed by atoms with Crippen LogP contribution in [-0.2, 0) is 20.7 Å². The van der Waals surface area contributed by atoms with Gasteiger partial charge in [-0.1, -0.05) is 30.3 Å². The molecule has 0 saturated carbocycles. The molecule has 6 heteroatoms. The van der Waals surface area contributed by atoms with Crippen LogP contribution >= 0.6 is 0 Å². The molecule has 2 amide bonds. The number of nitrogens with two attached hydrogens (primary N) is 1. The zero-order valence-electron chi connectivity index (χ0n) is 12.8. The molecule has 2 rings (SSSR count). The average molecular weight is 305 g/mol. The quantitative estimate of drug-likeness (QED) is 0.797. The first-order chi connectivity index (χ1) is 10.6. The Balaban J connectivity index is 1.86. The Kier molecular flexibility index (Phi) is 5.91. The molecule has 0 aromatic heterocycles. The normalized spacial score (nSPS) is 19.5. The van der Waals surface area contributed by atoms with E-state index in [1.807, 2.05) is 30.3 Å². The Labute approximate surface area is 130 Å². The second kappa shape index (κ2) is 7.91. The minimum atomic E-state index is -0.554. The fourth-order valence-electron chi connectivity index (χ4n) is 2.49. The Morgan fingerprint density at radius 1 is 1.41 bits per heavy atom. The zero-order valence-corrected chi connectivity index (χ0v) is 12.8. The number of amides is 2. The SMILES string of the molecule is CC(=O)NC[C@@H]1CN(C(=O)[C@H](N)Cc2ccccc2)CCO1. The fourth-order valence-corrected chi connectivity index (χ4v) is 2.49. The van der Waals surface area contributed by atoms with E-state index in [0.717, 1.165) is 5.56 Å². The summed E-state index contributed by atoms with van der Waals surface area (Å²) in [6.45, 7) is 3.34. The van der Waals surface area contributed by atoms with Gasteiger partial charge >= 0.3 is 0 Å². The van der Waals surface area contributed by atoms with E-state index < -0.39 is 6.04 Å². The molecule has 1 aromatic rings. The van der Waals surface area contributed by atoms with Gasteiger partial charge in [-0.2, -0.15) is 0 Å². The van der Waals surface area contributed by atoms with Crippen molar-refractivity contribution in [3.63, 3.8) is 0 Å². The highest BCUT2D eigenvalue weighted by Crippen LogP contribution is 2.09. The van der Waals surface area contributed by atoms with Crippen LogP contribution in [0.15, 0.2) is 30.3 Å². The van der Waals surface area contributed by atoms with Crippen molar-refractivity contribution in [2.45, 2.75) is 25.5 Å². The number of rotatable bonds is 5. The van der Waals surface area contributed by atoms with E-state index in [0.29, 0.717) is 32.7 Å². The van der Waals surface area contributed by atoms with Crippen LogP contribution < -0.4 is 11.1 Å². The van der Waals surface area contributed by atoms with Gasteiger partial charge in [-0.3, -0.25) is 9.59 Å². The monoisotopic (exact) mass is 305 g/mol. The zero-order chi connectivity index (χ0) is 15.9. The lowest BCUT2D eigenvalue weighted by atomic mass is 10.1. The van der Waals surface area contributed by atoms with E-state index in [2.05, 4.69) is 5.32 Å². The highest BCUT2D eigenvalue weighted by atomic mass is 16.5. The van der Waals surface area contributed by atoms with Crippen molar-refractivity contribution in [1.29, 1.82) is 0 Å². The number of morpholine rings is 1. The summed E-state index contributed by atoms with van der Waals surface area (Å²) in [5.41, 5.74) is 7.09. The summed E-state index contributed by atoms with van der Waals surface area (Å²) < 4.78 is 5.56. The molecule has 1 aromatic carbocycles. The van der Waals surface area contributed by atoms with E-state index >= 15 is 0 Å². The molecule has 1 aliphatic heterocycles. The van der Waals surface area contributed by atoms with E-state index in [1.54, 1.807) is 4.90 Å². The summed E-state index contributed by atoms with van der Waals surface area (Å²) in [7, 11) is 0. The number of nitrogens with one attached hydrogen (secondary N) is 1. The number of carbonyl (C=O) groups is 2. The lowest BCUT2D eigenvalue weighted by Gasteiger charge is -2.34. The van der Waals surface area contributed by atoms with Gasteiger partial charge in [-0.15, -0.1) is 0 Å². The Hall–Kier alpha value is -1.92. The third kappa shape index (κ3) is 4.82. The van der Waals surface area contributed by atoms with Gasteiger partial charge in [0.15, 0.2) is 0 Å². The van der Waals surface area contributed by atoms with Crippen molar-refractivity contribution < 1.29 is 14.3 Å². The minimum absolute atomic E-state index is 0.0695. The van der Waals surface area contributed by atoms with E-state index in [9.17, 15) is 9.59 Å². The highest BCUT2D eigenvalue weighted by Gasteiger charge is 2.27. The molecule has 0 spiro atoms. The number of nitrogens with zero attached hydrogens (tertiary/aromatic N) is 1. The molecular formula is C16H23N3O3. The molecule has 1 aliphatic rings. The first-order valence-corrected chi connectivity index (χ1v) is 7.50. The van der Waals surface area contributed by atoms with Gasteiger partial charge in [-0.25, -0.2) is 0 Å².